The van der Waals surface area contributed by atoms with Crippen LogP contribution in [0.25, 0.3) is 0 Å². The zero-order chi connectivity index (χ0) is 18.2. The topological polar surface area (TPSA) is 118 Å². The average Bonchev–Trinajstić information content (AvgIpc) is 2.35. The highest BCUT2D eigenvalue weighted by atomic mass is 16.6. The molecule has 0 aliphatic carbocycles. The number of hydrogen-bond donors (Lipinski definition) is 2. The Balaban J connectivity index is 4.54. The lowest BCUT2D eigenvalue weighted by molar-refractivity contribution is -0.161. The Morgan fingerprint density at radius 3 is 1.22 bits per heavy atom. The van der Waals surface area contributed by atoms with Gasteiger partial charge in [0.05, 0.1) is 0 Å². The van der Waals surface area contributed by atoms with Gasteiger partial charge in [-0.1, -0.05) is 27.7 Å². The van der Waals surface area contributed by atoms with Crippen LogP contribution in [0.5, 0.6) is 0 Å². The molecule has 23 heavy (non-hydrogen) atoms. The quantitative estimate of drug-likeness (QED) is 0.466. The van der Waals surface area contributed by atoms with Crippen molar-refractivity contribution in [1.82, 2.24) is 0 Å². The standard InChI is InChI=1S/C16H26O7/c1-9(2)11(5-13(17)18)7-15(21)23-16(22)8-12(10(3)4)6-14(19)20/h9-12H,5-8H2,1-4H3,(H,17,18)(H,19,20). The molecule has 2 atom stereocenters. The number of carboxylic acids is 2. The fraction of sp³-hybridized carbons (Fsp3) is 0.750. The number of ether oxygens (including phenoxy) is 1. The van der Waals surface area contributed by atoms with E-state index in [9.17, 15) is 19.2 Å². The molecule has 2 N–H and O–H groups in total. The maximum atomic E-state index is 11.8. The molecular weight excluding hydrogens is 304 g/mol. The van der Waals surface area contributed by atoms with E-state index in [0.717, 1.165) is 0 Å². The zero-order valence-electron chi connectivity index (χ0n) is 14.1. The number of carbonyl (C=O) groups excluding carboxylic acids is 2. The van der Waals surface area contributed by atoms with E-state index in [-0.39, 0.29) is 37.5 Å². The van der Waals surface area contributed by atoms with Crippen molar-refractivity contribution in [2.24, 2.45) is 23.7 Å². The van der Waals surface area contributed by atoms with Crippen molar-refractivity contribution in [2.75, 3.05) is 0 Å². The first-order valence-electron chi connectivity index (χ1n) is 7.70. The van der Waals surface area contributed by atoms with Gasteiger partial charge in [-0.3, -0.25) is 19.2 Å². The minimum atomic E-state index is -1.01. The van der Waals surface area contributed by atoms with Crippen LogP contribution >= 0.6 is 0 Å². The van der Waals surface area contributed by atoms with Gasteiger partial charge in [-0.25, -0.2) is 0 Å². The van der Waals surface area contributed by atoms with Crippen molar-refractivity contribution in [2.45, 2.75) is 53.4 Å². The molecular formula is C16H26O7. The van der Waals surface area contributed by atoms with Gasteiger partial charge >= 0.3 is 23.9 Å². The van der Waals surface area contributed by atoms with Crippen molar-refractivity contribution >= 4 is 23.9 Å². The minimum absolute atomic E-state index is 0.0378. The zero-order valence-corrected chi connectivity index (χ0v) is 14.1. The number of rotatable bonds is 10. The lowest BCUT2D eigenvalue weighted by atomic mass is 9.89. The van der Waals surface area contributed by atoms with E-state index in [4.69, 9.17) is 14.9 Å². The van der Waals surface area contributed by atoms with Gasteiger partial charge in [0.1, 0.15) is 0 Å². The third-order valence-electron chi connectivity index (χ3n) is 3.84. The summed E-state index contributed by atoms with van der Waals surface area (Å²) in [6.07, 6.45) is -0.648. The van der Waals surface area contributed by atoms with Crippen LogP contribution in [0.4, 0.5) is 0 Å². The second-order valence-electron chi connectivity index (χ2n) is 6.46. The molecule has 0 aliphatic heterocycles. The highest BCUT2D eigenvalue weighted by molar-refractivity contribution is 5.86. The summed E-state index contributed by atoms with van der Waals surface area (Å²) in [5.41, 5.74) is 0. The van der Waals surface area contributed by atoms with Crippen LogP contribution in [-0.2, 0) is 23.9 Å². The Kier molecular flexibility index (Phi) is 9.14. The van der Waals surface area contributed by atoms with Crippen LogP contribution in [0.1, 0.15) is 53.4 Å². The van der Waals surface area contributed by atoms with Gasteiger partial charge in [-0.05, 0) is 23.7 Å². The van der Waals surface area contributed by atoms with Gasteiger partial charge in [0.2, 0.25) is 0 Å². The first kappa shape index (κ1) is 21.1. The molecule has 132 valence electrons. The predicted octanol–water partition coefficient (Wildman–Crippen LogP) is 2.33. The number of esters is 2. The van der Waals surface area contributed by atoms with Gasteiger partial charge in [-0.2, -0.15) is 0 Å². The van der Waals surface area contributed by atoms with Gasteiger partial charge in [0, 0.05) is 25.7 Å². The van der Waals surface area contributed by atoms with Crippen molar-refractivity contribution in [3.8, 4) is 0 Å². The first-order valence-corrected chi connectivity index (χ1v) is 7.70. The third-order valence-corrected chi connectivity index (χ3v) is 3.84. The highest BCUT2D eigenvalue weighted by Gasteiger charge is 2.25. The molecule has 0 spiro atoms. The average molecular weight is 330 g/mol. The Morgan fingerprint density at radius 2 is 1.00 bits per heavy atom. The number of carboxylic acid groups (broad SMARTS) is 2. The summed E-state index contributed by atoms with van der Waals surface area (Å²) in [5, 5.41) is 17.6. The number of hydrogen-bond acceptors (Lipinski definition) is 5. The first-order chi connectivity index (χ1) is 10.5. The molecule has 0 aliphatic rings. The monoisotopic (exact) mass is 330 g/mol. The molecule has 0 saturated heterocycles. The molecule has 0 aromatic rings. The number of aliphatic carboxylic acids is 2. The summed E-state index contributed by atoms with van der Waals surface area (Å²) in [4.78, 5) is 45.1. The summed E-state index contributed by atoms with van der Waals surface area (Å²) < 4.78 is 4.71. The fourth-order valence-corrected chi connectivity index (χ4v) is 2.17. The lowest BCUT2D eigenvalue weighted by Gasteiger charge is -2.19. The van der Waals surface area contributed by atoms with Crippen molar-refractivity contribution in [1.29, 1.82) is 0 Å². The Bertz CT molecular complexity index is 400. The lowest BCUT2D eigenvalue weighted by Crippen LogP contribution is -2.24. The molecule has 7 heteroatoms. The molecule has 0 saturated carbocycles. The maximum Gasteiger partial charge on any atom is 0.313 e. The molecule has 0 heterocycles. The summed E-state index contributed by atoms with van der Waals surface area (Å²) in [7, 11) is 0. The normalized spacial score (nSPS) is 13.7. The van der Waals surface area contributed by atoms with E-state index in [1.807, 2.05) is 0 Å². The van der Waals surface area contributed by atoms with Crippen molar-refractivity contribution < 1.29 is 34.1 Å². The van der Waals surface area contributed by atoms with E-state index in [2.05, 4.69) is 0 Å². The van der Waals surface area contributed by atoms with E-state index in [1.165, 1.54) is 0 Å². The summed E-state index contributed by atoms with van der Waals surface area (Å²) in [5.74, 6) is -4.46. The van der Waals surface area contributed by atoms with Crippen LogP contribution in [0.3, 0.4) is 0 Å². The third kappa shape index (κ3) is 9.65. The number of carbonyl (C=O) groups is 4. The predicted molar refractivity (Wildman–Crippen MR) is 81.5 cm³/mol. The largest absolute Gasteiger partial charge is 0.481 e. The smallest absolute Gasteiger partial charge is 0.313 e. The van der Waals surface area contributed by atoms with Crippen LogP contribution in [-0.4, -0.2) is 34.1 Å². The van der Waals surface area contributed by atoms with E-state index < -0.39 is 35.7 Å². The van der Waals surface area contributed by atoms with Crippen LogP contribution in [0.2, 0.25) is 0 Å². The van der Waals surface area contributed by atoms with E-state index >= 15 is 0 Å². The Hall–Kier alpha value is -1.92. The molecule has 0 aromatic heterocycles. The minimum Gasteiger partial charge on any atom is -0.481 e. The molecule has 0 amide bonds. The van der Waals surface area contributed by atoms with E-state index in [0.29, 0.717) is 0 Å². The van der Waals surface area contributed by atoms with Crippen LogP contribution in [0.15, 0.2) is 0 Å². The van der Waals surface area contributed by atoms with Gasteiger partial charge < -0.3 is 14.9 Å². The molecule has 7 nitrogen and oxygen atoms in total. The second kappa shape index (κ2) is 9.97. The van der Waals surface area contributed by atoms with Crippen LogP contribution < -0.4 is 0 Å². The second-order valence-corrected chi connectivity index (χ2v) is 6.46. The van der Waals surface area contributed by atoms with Gasteiger partial charge in [-0.15, -0.1) is 0 Å². The Morgan fingerprint density at radius 1 is 0.696 bits per heavy atom. The van der Waals surface area contributed by atoms with Gasteiger partial charge in [0.15, 0.2) is 0 Å². The maximum absolute atomic E-state index is 11.8. The SMILES string of the molecule is CC(C)C(CC(=O)O)CC(=O)OC(=O)CC(CC(=O)O)C(C)C. The molecule has 2 unspecified atom stereocenters. The molecule has 0 rings (SSSR count). The highest BCUT2D eigenvalue weighted by Crippen LogP contribution is 2.22. The molecule has 0 radical (unpaired) electrons. The van der Waals surface area contributed by atoms with Crippen molar-refractivity contribution in [3.05, 3.63) is 0 Å². The van der Waals surface area contributed by atoms with Crippen LogP contribution in [0, 0.1) is 23.7 Å². The summed E-state index contributed by atoms with van der Waals surface area (Å²) in [6.45, 7) is 7.18. The summed E-state index contributed by atoms with van der Waals surface area (Å²) in [6, 6.07) is 0. The molecule has 0 aromatic carbocycles. The van der Waals surface area contributed by atoms with Crippen molar-refractivity contribution in [3.63, 3.8) is 0 Å². The van der Waals surface area contributed by atoms with Gasteiger partial charge in [0.25, 0.3) is 0 Å². The Labute approximate surface area is 136 Å². The molecule has 0 bridgehead atoms. The van der Waals surface area contributed by atoms with E-state index in [1.54, 1.807) is 27.7 Å². The molecule has 0 fully saturated rings. The fourth-order valence-electron chi connectivity index (χ4n) is 2.17. The summed E-state index contributed by atoms with van der Waals surface area (Å²) >= 11 is 0.